The SMILES string of the molecule is COc1cccc(CCC(O)C(C)O)c1. The van der Waals surface area contributed by atoms with Crippen molar-refractivity contribution in [3.05, 3.63) is 29.8 Å². The summed E-state index contributed by atoms with van der Waals surface area (Å²) >= 11 is 0. The molecule has 15 heavy (non-hydrogen) atoms. The Morgan fingerprint density at radius 2 is 2.07 bits per heavy atom. The first-order chi connectivity index (χ1) is 7.13. The van der Waals surface area contributed by atoms with Gasteiger partial charge in [0.15, 0.2) is 0 Å². The zero-order chi connectivity index (χ0) is 11.3. The maximum atomic E-state index is 9.43. The van der Waals surface area contributed by atoms with Gasteiger partial charge < -0.3 is 14.9 Å². The molecule has 0 radical (unpaired) electrons. The highest BCUT2D eigenvalue weighted by molar-refractivity contribution is 5.28. The molecular formula is C12H18O3. The number of aryl methyl sites for hydroxylation is 1. The predicted octanol–water partition coefficient (Wildman–Crippen LogP) is 1.37. The summed E-state index contributed by atoms with van der Waals surface area (Å²) in [6, 6.07) is 7.73. The summed E-state index contributed by atoms with van der Waals surface area (Å²) in [6.07, 6.45) is -0.0273. The summed E-state index contributed by atoms with van der Waals surface area (Å²) in [5.41, 5.74) is 1.11. The lowest BCUT2D eigenvalue weighted by atomic mass is 10.0. The summed E-state index contributed by atoms with van der Waals surface area (Å²) in [7, 11) is 1.63. The molecule has 2 unspecified atom stereocenters. The van der Waals surface area contributed by atoms with E-state index in [1.807, 2.05) is 24.3 Å². The molecule has 1 rings (SSSR count). The summed E-state index contributed by atoms with van der Waals surface area (Å²) in [4.78, 5) is 0. The van der Waals surface area contributed by atoms with Crippen LogP contribution < -0.4 is 4.74 Å². The van der Waals surface area contributed by atoms with Crippen LogP contribution in [0.4, 0.5) is 0 Å². The molecule has 2 atom stereocenters. The standard InChI is InChI=1S/C12H18O3/c1-9(13)12(14)7-6-10-4-3-5-11(8-10)15-2/h3-5,8-9,12-14H,6-7H2,1-2H3. The molecule has 0 aromatic heterocycles. The van der Waals surface area contributed by atoms with Crippen LogP contribution in [-0.2, 0) is 6.42 Å². The fraction of sp³-hybridized carbons (Fsp3) is 0.500. The van der Waals surface area contributed by atoms with Gasteiger partial charge in [-0.2, -0.15) is 0 Å². The predicted molar refractivity (Wildman–Crippen MR) is 59.0 cm³/mol. The highest BCUT2D eigenvalue weighted by Crippen LogP contribution is 2.15. The van der Waals surface area contributed by atoms with Crippen LogP contribution >= 0.6 is 0 Å². The third kappa shape index (κ3) is 3.90. The fourth-order valence-electron chi connectivity index (χ4n) is 1.38. The lowest BCUT2D eigenvalue weighted by molar-refractivity contribution is 0.0265. The second kappa shape index (κ2) is 5.73. The molecule has 84 valence electrons. The van der Waals surface area contributed by atoms with Gasteiger partial charge in [-0.1, -0.05) is 12.1 Å². The highest BCUT2D eigenvalue weighted by Gasteiger charge is 2.10. The normalized spacial score (nSPS) is 14.7. The average Bonchev–Trinajstić information content (AvgIpc) is 2.26. The van der Waals surface area contributed by atoms with Gasteiger partial charge in [0.05, 0.1) is 19.3 Å². The molecule has 0 heterocycles. The Balaban J connectivity index is 2.50. The van der Waals surface area contributed by atoms with E-state index in [1.54, 1.807) is 14.0 Å². The van der Waals surface area contributed by atoms with Crippen LogP contribution in [0.1, 0.15) is 18.9 Å². The van der Waals surface area contributed by atoms with Crippen molar-refractivity contribution in [3.8, 4) is 5.75 Å². The van der Waals surface area contributed by atoms with E-state index >= 15 is 0 Å². The molecule has 0 saturated carbocycles. The molecule has 2 N–H and O–H groups in total. The van der Waals surface area contributed by atoms with Crippen molar-refractivity contribution in [2.24, 2.45) is 0 Å². The van der Waals surface area contributed by atoms with Crippen LogP contribution in [-0.4, -0.2) is 29.5 Å². The van der Waals surface area contributed by atoms with Crippen LogP contribution in [0.5, 0.6) is 5.75 Å². The third-order valence-electron chi connectivity index (χ3n) is 2.42. The van der Waals surface area contributed by atoms with Crippen LogP contribution in [0.25, 0.3) is 0 Å². The van der Waals surface area contributed by atoms with Crippen molar-refractivity contribution in [2.45, 2.75) is 32.0 Å². The Kier molecular flexibility index (Phi) is 4.59. The number of benzene rings is 1. The fourth-order valence-corrected chi connectivity index (χ4v) is 1.38. The van der Waals surface area contributed by atoms with Crippen LogP contribution in [0.3, 0.4) is 0 Å². The average molecular weight is 210 g/mol. The Morgan fingerprint density at radius 1 is 1.33 bits per heavy atom. The highest BCUT2D eigenvalue weighted by atomic mass is 16.5. The van der Waals surface area contributed by atoms with Crippen LogP contribution in [0, 0.1) is 0 Å². The van der Waals surface area contributed by atoms with Crippen molar-refractivity contribution in [1.82, 2.24) is 0 Å². The van der Waals surface area contributed by atoms with E-state index in [0.717, 1.165) is 17.7 Å². The first-order valence-electron chi connectivity index (χ1n) is 5.12. The Bertz CT molecular complexity index is 297. The Morgan fingerprint density at radius 3 is 2.67 bits per heavy atom. The zero-order valence-electron chi connectivity index (χ0n) is 9.18. The largest absolute Gasteiger partial charge is 0.497 e. The van der Waals surface area contributed by atoms with E-state index < -0.39 is 12.2 Å². The second-order valence-electron chi connectivity index (χ2n) is 3.70. The molecule has 0 aliphatic heterocycles. The van der Waals surface area contributed by atoms with E-state index in [1.165, 1.54) is 0 Å². The van der Waals surface area contributed by atoms with Gasteiger partial charge >= 0.3 is 0 Å². The minimum atomic E-state index is -0.671. The number of aliphatic hydroxyl groups is 2. The lowest BCUT2D eigenvalue weighted by Gasteiger charge is -2.13. The van der Waals surface area contributed by atoms with Gasteiger partial charge in [-0.05, 0) is 37.5 Å². The molecule has 0 bridgehead atoms. The lowest BCUT2D eigenvalue weighted by Crippen LogP contribution is -2.22. The first kappa shape index (κ1) is 12.0. The van der Waals surface area contributed by atoms with E-state index in [-0.39, 0.29) is 0 Å². The molecule has 0 fully saturated rings. The molecule has 0 aliphatic rings. The molecule has 1 aromatic rings. The molecular weight excluding hydrogens is 192 g/mol. The number of aliphatic hydroxyl groups excluding tert-OH is 2. The molecule has 1 aromatic carbocycles. The van der Waals surface area contributed by atoms with Gasteiger partial charge in [0.1, 0.15) is 5.75 Å². The Labute approximate surface area is 90.3 Å². The third-order valence-corrected chi connectivity index (χ3v) is 2.42. The van der Waals surface area contributed by atoms with Gasteiger partial charge in [0.2, 0.25) is 0 Å². The zero-order valence-corrected chi connectivity index (χ0v) is 9.18. The molecule has 0 aliphatic carbocycles. The van der Waals surface area contributed by atoms with Crippen molar-refractivity contribution in [1.29, 1.82) is 0 Å². The van der Waals surface area contributed by atoms with Crippen LogP contribution in [0.2, 0.25) is 0 Å². The molecule has 0 spiro atoms. The minimum Gasteiger partial charge on any atom is -0.497 e. The van der Waals surface area contributed by atoms with Crippen molar-refractivity contribution in [3.63, 3.8) is 0 Å². The summed E-state index contributed by atoms with van der Waals surface area (Å²) in [5, 5.41) is 18.6. The second-order valence-corrected chi connectivity index (χ2v) is 3.70. The van der Waals surface area contributed by atoms with E-state index in [9.17, 15) is 5.11 Å². The van der Waals surface area contributed by atoms with Crippen molar-refractivity contribution >= 4 is 0 Å². The monoisotopic (exact) mass is 210 g/mol. The molecule has 0 saturated heterocycles. The van der Waals surface area contributed by atoms with Crippen LogP contribution in [0.15, 0.2) is 24.3 Å². The number of methoxy groups -OCH3 is 1. The van der Waals surface area contributed by atoms with E-state index in [0.29, 0.717) is 6.42 Å². The summed E-state index contributed by atoms with van der Waals surface area (Å²) in [5.74, 6) is 0.819. The van der Waals surface area contributed by atoms with Gasteiger partial charge in [-0.15, -0.1) is 0 Å². The smallest absolute Gasteiger partial charge is 0.119 e. The van der Waals surface area contributed by atoms with Crippen molar-refractivity contribution in [2.75, 3.05) is 7.11 Å². The van der Waals surface area contributed by atoms with Gasteiger partial charge in [0.25, 0.3) is 0 Å². The minimum absolute atomic E-state index is 0.560. The van der Waals surface area contributed by atoms with Gasteiger partial charge in [-0.3, -0.25) is 0 Å². The van der Waals surface area contributed by atoms with E-state index in [2.05, 4.69) is 0 Å². The van der Waals surface area contributed by atoms with Crippen molar-refractivity contribution < 1.29 is 14.9 Å². The molecule has 3 nitrogen and oxygen atoms in total. The van der Waals surface area contributed by atoms with E-state index in [4.69, 9.17) is 9.84 Å². The Hall–Kier alpha value is -1.06. The molecule has 0 amide bonds. The number of ether oxygens (including phenoxy) is 1. The summed E-state index contributed by atoms with van der Waals surface area (Å²) < 4.78 is 5.10. The number of rotatable bonds is 5. The molecule has 3 heteroatoms. The maximum Gasteiger partial charge on any atom is 0.119 e. The summed E-state index contributed by atoms with van der Waals surface area (Å²) in [6.45, 7) is 1.59. The topological polar surface area (TPSA) is 49.7 Å². The number of hydrogen-bond acceptors (Lipinski definition) is 3. The van der Waals surface area contributed by atoms with Gasteiger partial charge in [0, 0.05) is 0 Å². The first-order valence-corrected chi connectivity index (χ1v) is 5.12. The number of hydrogen-bond donors (Lipinski definition) is 2. The quantitative estimate of drug-likeness (QED) is 0.771. The maximum absolute atomic E-state index is 9.43. The van der Waals surface area contributed by atoms with Gasteiger partial charge in [-0.25, -0.2) is 0 Å².